The van der Waals surface area contributed by atoms with E-state index in [9.17, 15) is 4.79 Å². The number of halogens is 1. The highest BCUT2D eigenvalue weighted by atomic mass is 35.5. The van der Waals surface area contributed by atoms with Gasteiger partial charge in [-0.25, -0.2) is 0 Å². The topological polar surface area (TPSA) is 63.5 Å². The number of carbonyl (C=O) groups excluding carboxylic acids is 1. The molecule has 0 unspecified atom stereocenters. The minimum atomic E-state index is -0.0515. The number of hydrogen-bond acceptors (Lipinski definition) is 4. The van der Waals surface area contributed by atoms with Crippen molar-refractivity contribution in [3.05, 3.63) is 30.0 Å². The third-order valence-electron chi connectivity index (χ3n) is 7.19. The fourth-order valence-corrected chi connectivity index (χ4v) is 6.39. The Bertz CT molecular complexity index is 843. The second-order valence-electron chi connectivity index (χ2n) is 9.22. The van der Waals surface area contributed by atoms with Crippen LogP contribution in [-0.2, 0) is 11.3 Å². The van der Waals surface area contributed by atoms with E-state index < -0.39 is 0 Å². The Labute approximate surface area is 178 Å². The Morgan fingerprint density at radius 3 is 2.48 bits per heavy atom. The lowest BCUT2D eigenvalue weighted by Gasteiger charge is -2.55. The summed E-state index contributed by atoms with van der Waals surface area (Å²) in [6.07, 6.45) is 7.49. The largest absolute Gasteiger partial charge is 0.493 e. The summed E-state index contributed by atoms with van der Waals surface area (Å²) in [5.74, 6) is 4.36. The number of fused-ring (bicyclic) bond motifs is 1. The second kappa shape index (κ2) is 8.19. The van der Waals surface area contributed by atoms with Gasteiger partial charge >= 0.3 is 0 Å². The van der Waals surface area contributed by atoms with Gasteiger partial charge in [0.2, 0.25) is 5.91 Å². The number of carbonyl (C=O) groups is 1. The Kier molecular flexibility index (Phi) is 5.80. The molecule has 4 aliphatic carbocycles. The minimum absolute atomic E-state index is 0. The van der Waals surface area contributed by atoms with Gasteiger partial charge in [-0.2, -0.15) is 0 Å². The molecular weight excluding hydrogens is 388 g/mol. The van der Waals surface area contributed by atoms with Crippen molar-refractivity contribution in [1.29, 1.82) is 0 Å². The van der Waals surface area contributed by atoms with Gasteiger partial charge in [0, 0.05) is 23.9 Å². The van der Waals surface area contributed by atoms with E-state index in [-0.39, 0.29) is 17.8 Å². The monoisotopic (exact) mass is 418 g/mol. The van der Waals surface area contributed by atoms with Crippen LogP contribution in [0, 0.1) is 23.2 Å². The number of rotatable bonds is 7. The Hall–Kier alpha value is -1.72. The number of amides is 1. The lowest BCUT2D eigenvalue weighted by molar-refractivity contribution is -0.146. The van der Waals surface area contributed by atoms with Crippen LogP contribution in [0.3, 0.4) is 0 Å². The van der Waals surface area contributed by atoms with Crippen LogP contribution in [-0.4, -0.2) is 26.1 Å². The van der Waals surface area contributed by atoms with E-state index >= 15 is 0 Å². The van der Waals surface area contributed by atoms with E-state index in [4.69, 9.17) is 9.15 Å². The van der Waals surface area contributed by atoms with Crippen molar-refractivity contribution in [2.75, 3.05) is 20.2 Å². The lowest BCUT2D eigenvalue weighted by atomic mass is 9.49. The summed E-state index contributed by atoms with van der Waals surface area (Å²) in [5, 5.41) is 7.65. The van der Waals surface area contributed by atoms with Gasteiger partial charge in [0.15, 0.2) is 11.3 Å². The molecule has 4 bridgehead atoms. The van der Waals surface area contributed by atoms with Crippen LogP contribution in [0.25, 0.3) is 11.0 Å². The first-order chi connectivity index (χ1) is 13.6. The standard InChI is InChI=1S/C23H30N2O3.ClH/c1-27-20-4-2-3-18-10-19(28-21(18)20)14-24-5-6-25-22(26)23-11-15-7-16(12-23)9-17(8-15)13-23;/h2-4,10,15-17,24H,5-9,11-14H2,1H3,(H,25,26);1H. The first-order valence-electron chi connectivity index (χ1n) is 10.7. The van der Waals surface area contributed by atoms with Crippen molar-refractivity contribution >= 4 is 29.3 Å². The summed E-state index contributed by atoms with van der Waals surface area (Å²) in [7, 11) is 1.65. The molecule has 1 aromatic heterocycles. The number of furan rings is 1. The van der Waals surface area contributed by atoms with Crippen LogP contribution in [0.1, 0.15) is 44.3 Å². The van der Waals surface area contributed by atoms with E-state index in [1.165, 1.54) is 19.3 Å². The Morgan fingerprint density at radius 1 is 1.14 bits per heavy atom. The fraction of sp³-hybridized carbons (Fsp3) is 0.609. The van der Waals surface area contributed by atoms with Gasteiger partial charge in [0.05, 0.1) is 13.7 Å². The molecule has 29 heavy (non-hydrogen) atoms. The molecular formula is C23H31ClN2O3. The first kappa shape index (κ1) is 20.5. The molecule has 0 atom stereocenters. The number of nitrogens with one attached hydrogen (secondary N) is 2. The minimum Gasteiger partial charge on any atom is -0.493 e. The normalized spacial score (nSPS) is 29.6. The van der Waals surface area contributed by atoms with Crippen molar-refractivity contribution in [3.63, 3.8) is 0 Å². The smallest absolute Gasteiger partial charge is 0.226 e. The average molecular weight is 419 g/mol. The van der Waals surface area contributed by atoms with Gasteiger partial charge in [-0.05, 0) is 68.4 Å². The van der Waals surface area contributed by atoms with Gasteiger partial charge in [-0.1, -0.05) is 12.1 Å². The maximum absolute atomic E-state index is 12.9. The maximum Gasteiger partial charge on any atom is 0.226 e. The number of para-hydroxylation sites is 1. The molecule has 4 aliphatic rings. The van der Waals surface area contributed by atoms with E-state index in [0.717, 1.165) is 66.0 Å². The van der Waals surface area contributed by atoms with Crippen molar-refractivity contribution in [2.45, 2.75) is 45.1 Å². The highest BCUT2D eigenvalue weighted by molar-refractivity contribution is 5.85. The number of ether oxygens (including phenoxy) is 1. The molecule has 5 nitrogen and oxygen atoms in total. The highest BCUT2D eigenvalue weighted by Gasteiger charge is 2.54. The van der Waals surface area contributed by atoms with Crippen LogP contribution in [0.5, 0.6) is 5.75 Å². The average Bonchev–Trinajstić information content (AvgIpc) is 3.09. The predicted molar refractivity (Wildman–Crippen MR) is 115 cm³/mol. The molecule has 6 heteroatoms. The van der Waals surface area contributed by atoms with Crippen molar-refractivity contribution in [2.24, 2.45) is 23.2 Å². The molecule has 6 rings (SSSR count). The fourth-order valence-electron chi connectivity index (χ4n) is 6.39. The summed E-state index contributed by atoms with van der Waals surface area (Å²) in [4.78, 5) is 12.9. The predicted octanol–water partition coefficient (Wildman–Crippen LogP) is 4.29. The van der Waals surface area contributed by atoms with Gasteiger partial charge in [-0.3, -0.25) is 4.79 Å². The van der Waals surface area contributed by atoms with Crippen LogP contribution in [0.2, 0.25) is 0 Å². The molecule has 2 aromatic rings. The third-order valence-corrected chi connectivity index (χ3v) is 7.19. The van der Waals surface area contributed by atoms with Crippen LogP contribution in [0.4, 0.5) is 0 Å². The zero-order chi connectivity index (χ0) is 19.1. The summed E-state index contributed by atoms with van der Waals surface area (Å²) < 4.78 is 11.3. The molecule has 0 aliphatic heterocycles. The van der Waals surface area contributed by atoms with Gasteiger partial charge in [-0.15, -0.1) is 12.4 Å². The second-order valence-corrected chi connectivity index (χ2v) is 9.22. The zero-order valence-corrected chi connectivity index (χ0v) is 17.9. The van der Waals surface area contributed by atoms with Crippen LogP contribution in [0.15, 0.2) is 28.7 Å². The van der Waals surface area contributed by atoms with E-state index in [1.54, 1.807) is 7.11 Å². The number of methoxy groups -OCH3 is 1. The van der Waals surface area contributed by atoms with Gasteiger partial charge in [0.25, 0.3) is 0 Å². The molecule has 4 saturated carbocycles. The third kappa shape index (κ3) is 3.87. The summed E-state index contributed by atoms with van der Waals surface area (Å²) in [6.45, 7) is 2.06. The van der Waals surface area contributed by atoms with Gasteiger partial charge < -0.3 is 19.8 Å². The maximum atomic E-state index is 12.9. The Morgan fingerprint density at radius 2 is 1.83 bits per heavy atom. The summed E-state index contributed by atoms with van der Waals surface area (Å²) in [5.41, 5.74) is 0.737. The summed E-state index contributed by atoms with van der Waals surface area (Å²) in [6, 6.07) is 7.94. The van der Waals surface area contributed by atoms with E-state index in [1.807, 2.05) is 24.3 Å². The molecule has 0 saturated heterocycles. The van der Waals surface area contributed by atoms with Crippen LogP contribution >= 0.6 is 12.4 Å². The first-order valence-corrected chi connectivity index (χ1v) is 10.7. The Balaban J connectivity index is 0.00000205. The zero-order valence-electron chi connectivity index (χ0n) is 17.0. The molecule has 1 aromatic carbocycles. The quantitative estimate of drug-likeness (QED) is 0.658. The summed E-state index contributed by atoms with van der Waals surface area (Å²) >= 11 is 0. The molecule has 158 valence electrons. The lowest BCUT2D eigenvalue weighted by Crippen LogP contribution is -2.54. The molecule has 0 radical (unpaired) electrons. The molecule has 2 N–H and O–H groups in total. The van der Waals surface area contributed by atoms with E-state index in [2.05, 4.69) is 10.6 Å². The highest BCUT2D eigenvalue weighted by Crippen LogP contribution is 2.60. The van der Waals surface area contributed by atoms with E-state index in [0.29, 0.717) is 19.0 Å². The van der Waals surface area contributed by atoms with Crippen molar-refractivity contribution in [1.82, 2.24) is 10.6 Å². The van der Waals surface area contributed by atoms with Crippen molar-refractivity contribution in [3.8, 4) is 5.75 Å². The molecule has 4 fully saturated rings. The SMILES string of the molecule is COc1cccc2cc(CNCCNC(=O)C34CC5CC(CC(C5)C3)C4)oc12.Cl. The number of hydrogen-bond donors (Lipinski definition) is 2. The number of benzene rings is 1. The molecule has 0 spiro atoms. The van der Waals surface area contributed by atoms with Crippen LogP contribution < -0.4 is 15.4 Å². The van der Waals surface area contributed by atoms with Gasteiger partial charge in [0.1, 0.15) is 5.76 Å². The molecule has 1 heterocycles. The molecule has 1 amide bonds. The van der Waals surface area contributed by atoms with Crippen molar-refractivity contribution < 1.29 is 13.9 Å².